The topological polar surface area (TPSA) is 70.7 Å². The number of methoxy groups -OCH3 is 2. The number of esters is 1. The first-order chi connectivity index (χ1) is 14.5. The fourth-order valence-electron chi connectivity index (χ4n) is 3.53. The molecular formula is C23H18ClNO5. The molecule has 0 saturated heterocycles. The number of carbonyl (C=O) groups is 2. The second-order valence-electron chi connectivity index (χ2n) is 6.62. The monoisotopic (exact) mass is 423 g/mol. The predicted molar refractivity (Wildman–Crippen MR) is 113 cm³/mol. The third-order valence-corrected chi connectivity index (χ3v) is 5.25. The van der Waals surface area contributed by atoms with Crippen LogP contribution in [0.15, 0.2) is 59.0 Å². The maximum atomic E-state index is 13.3. The van der Waals surface area contributed by atoms with Gasteiger partial charge in [-0.2, -0.15) is 0 Å². The van der Waals surface area contributed by atoms with Gasteiger partial charge in [0.05, 0.1) is 30.3 Å². The van der Waals surface area contributed by atoms with Gasteiger partial charge in [-0.1, -0.05) is 29.8 Å². The van der Waals surface area contributed by atoms with Gasteiger partial charge in [-0.25, -0.2) is 4.79 Å². The molecule has 0 aliphatic heterocycles. The molecule has 0 amide bonds. The molecule has 0 N–H and O–H groups in total. The highest BCUT2D eigenvalue weighted by Crippen LogP contribution is 2.32. The van der Waals surface area contributed by atoms with Crippen molar-refractivity contribution in [1.82, 2.24) is 4.57 Å². The van der Waals surface area contributed by atoms with E-state index < -0.39 is 5.97 Å². The number of hydrogen-bond donors (Lipinski definition) is 0. The van der Waals surface area contributed by atoms with Crippen molar-refractivity contribution in [2.45, 2.75) is 6.92 Å². The average molecular weight is 424 g/mol. The molecule has 4 rings (SSSR count). The summed E-state index contributed by atoms with van der Waals surface area (Å²) < 4.78 is 17.4. The lowest BCUT2D eigenvalue weighted by atomic mass is 10.1. The van der Waals surface area contributed by atoms with Gasteiger partial charge in [-0.15, -0.1) is 0 Å². The number of hydrogen-bond acceptors (Lipinski definition) is 5. The van der Waals surface area contributed by atoms with Crippen molar-refractivity contribution in [1.29, 1.82) is 0 Å². The fraction of sp³-hybridized carbons (Fsp3) is 0.130. The minimum Gasteiger partial charge on any atom is -0.495 e. The maximum absolute atomic E-state index is 13.3. The quantitative estimate of drug-likeness (QED) is 0.414. The van der Waals surface area contributed by atoms with Gasteiger partial charge in [-0.3, -0.25) is 9.36 Å². The Kier molecular flexibility index (Phi) is 5.10. The molecule has 0 saturated carbocycles. The minimum absolute atomic E-state index is 0.136. The first-order valence-corrected chi connectivity index (χ1v) is 9.51. The highest BCUT2D eigenvalue weighted by Gasteiger charge is 2.25. The molecule has 2 aromatic carbocycles. The van der Waals surface area contributed by atoms with E-state index in [9.17, 15) is 9.59 Å². The van der Waals surface area contributed by atoms with E-state index in [-0.39, 0.29) is 11.7 Å². The molecule has 0 bridgehead atoms. The van der Waals surface area contributed by atoms with Crippen molar-refractivity contribution in [2.24, 2.45) is 0 Å². The van der Waals surface area contributed by atoms with Crippen molar-refractivity contribution in [3.05, 3.63) is 76.6 Å². The zero-order valence-electron chi connectivity index (χ0n) is 16.6. The van der Waals surface area contributed by atoms with Crippen molar-refractivity contribution < 1.29 is 23.5 Å². The van der Waals surface area contributed by atoms with Crippen molar-refractivity contribution in [3.8, 4) is 17.1 Å². The number of fused-ring (bicyclic) bond motifs is 1. The molecule has 0 radical (unpaired) electrons. The van der Waals surface area contributed by atoms with Crippen LogP contribution in [0.1, 0.15) is 26.6 Å². The largest absolute Gasteiger partial charge is 0.495 e. The minimum atomic E-state index is -0.497. The van der Waals surface area contributed by atoms with E-state index in [1.165, 1.54) is 18.8 Å². The van der Waals surface area contributed by atoms with Gasteiger partial charge in [0, 0.05) is 16.6 Å². The van der Waals surface area contributed by atoms with E-state index in [2.05, 4.69) is 0 Å². The summed E-state index contributed by atoms with van der Waals surface area (Å²) in [7, 11) is 2.85. The maximum Gasteiger partial charge on any atom is 0.340 e. The van der Waals surface area contributed by atoms with E-state index in [4.69, 9.17) is 25.5 Å². The number of carbonyl (C=O) groups excluding carboxylic acids is 2. The number of aromatic nitrogens is 1. The van der Waals surface area contributed by atoms with E-state index in [0.717, 1.165) is 0 Å². The number of nitrogens with zero attached hydrogens (tertiary/aromatic N) is 1. The molecule has 30 heavy (non-hydrogen) atoms. The normalized spacial score (nSPS) is 10.9. The van der Waals surface area contributed by atoms with Crippen LogP contribution in [-0.2, 0) is 4.74 Å². The van der Waals surface area contributed by atoms with Gasteiger partial charge in [0.2, 0.25) is 0 Å². The van der Waals surface area contributed by atoms with Gasteiger partial charge in [0.1, 0.15) is 11.5 Å². The third-order valence-electron chi connectivity index (χ3n) is 4.96. The number of para-hydroxylation sites is 1. The van der Waals surface area contributed by atoms with Gasteiger partial charge < -0.3 is 13.9 Å². The first-order valence-electron chi connectivity index (χ1n) is 9.13. The van der Waals surface area contributed by atoms with Crippen LogP contribution in [0.25, 0.3) is 22.2 Å². The number of rotatable bonds is 4. The summed E-state index contributed by atoms with van der Waals surface area (Å²) in [4.78, 5) is 25.6. The molecule has 6 nitrogen and oxygen atoms in total. The second kappa shape index (κ2) is 7.72. The van der Waals surface area contributed by atoms with Crippen LogP contribution in [0.2, 0.25) is 5.02 Å². The van der Waals surface area contributed by atoms with Gasteiger partial charge in [0.15, 0.2) is 5.76 Å². The predicted octanol–water partition coefficient (Wildman–Crippen LogP) is 5.35. The van der Waals surface area contributed by atoms with Crippen LogP contribution in [-0.4, -0.2) is 30.7 Å². The van der Waals surface area contributed by atoms with Crippen LogP contribution >= 0.6 is 11.6 Å². The van der Waals surface area contributed by atoms with E-state index in [1.807, 2.05) is 0 Å². The average Bonchev–Trinajstić information content (AvgIpc) is 3.35. The highest BCUT2D eigenvalue weighted by atomic mass is 35.5. The van der Waals surface area contributed by atoms with Crippen LogP contribution in [0.3, 0.4) is 0 Å². The lowest BCUT2D eigenvalue weighted by molar-refractivity contribution is 0.0602. The molecule has 0 fully saturated rings. The molecule has 0 aliphatic rings. The first kappa shape index (κ1) is 19.8. The summed E-state index contributed by atoms with van der Waals surface area (Å²) in [5.41, 5.74) is 2.16. The Bertz CT molecular complexity index is 1280. The Morgan fingerprint density at radius 2 is 1.80 bits per heavy atom. The molecule has 0 spiro atoms. The number of furan rings is 1. The van der Waals surface area contributed by atoms with Crippen LogP contribution < -0.4 is 4.74 Å². The molecule has 0 atom stereocenters. The summed E-state index contributed by atoms with van der Waals surface area (Å²) in [6.07, 6.45) is 0. The van der Waals surface area contributed by atoms with E-state index >= 15 is 0 Å². The van der Waals surface area contributed by atoms with Gasteiger partial charge in [-0.05, 0) is 43.3 Å². The SMILES string of the molecule is COC(=O)c1c(C)n(C(=O)c2ccc(-c3ccc(OC)c(Cl)c3)o2)c2ccccc12. The fourth-order valence-corrected chi connectivity index (χ4v) is 3.78. The van der Waals surface area contributed by atoms with Crippen LogP contribution in [0.5, 0.6) is 5.75 Å². The Morgan fingerprint density at radius 3 is 2.50 bits per heavy atom. The van der Waals surface area contributed by atoms with Crippen molar-refractivity contribution >= 4 is 34.4 Å². The Balaban J connectivity index is 1.78. The summed E-state index contributed by atoms with van der Waals surface area (Å²) in [5, 5.41) is 1.08. The third kappa shape index (κ3) is 3.15. The summed E-state index contributed by atoms with van der Waals surface area (Å²) >= 11 is 6.20. The Morgan fingerprint density at radius 1 is 1.03 bits per heavy atom. The number of benzene rings is 2. The van der Waals surface area contributed by atoms with E-state index in [0.29, 0.717) is 44.3 Å². The lowest BCUT2D eigenvalue weighted by Gasteiger charge is -2.06. The highest BCUT2D eigenvalue weighted by molar-refractivity contribution is 6.32. The second-order valence-corrected chi connectivity index (χ2v) is 7.03. The summed E-state index contributed by atoms with van der Waals surface area (Å²) in [5.74, 6) is 0.295. The van der Waals surface area contributed by atoms with Crippen molar-refractivity contribution in [2.75, 3.05) is 14.2 Å². The summed E-state index contributed by atoms with van der Waals surface area (Å²) in [6, 6.07) is 15.7. The molecule has 0 aliphatic carbocycles. The molecule has 0 unspecified atom stereocenters. The van der Waals surface area contributed by atoms with E-state index in [1.54, 1.807) is 61.5 Å². The van der Waals surface area contributed by atoms with Crippen LogP contribution in [0.4, 0.5) is 0 Å². The number of ether oxygens (including phenoxy) is 2. The smallest absolute Gasteiger partial charge is 0.340 e. The Labute approximate surface area is 177 Å². The standard InChI is InChI=1S/C23H18ClNO5/c1-13-21(23(27)29-3)15-6-4-5-7-17(15)25(13)22(26)20-11-10-18(30-20)14-8-9-19(28-2)16(24)12-14/h4-12H,1-3H3. The summed E-state index contributed by atoms with van der Waals surface area (Å²) in [6.45, 7) is 1.71. The zero-order valence-corrected chi connectivity index (χ0v) is 17.3. The number of halogens is 1. The molecule has 7 heteroatoms. The van der Waals surface area contributed by atoms with Gasteiger partial charge in [0.25, 0.3) is 5.91 Å². The van der Waals surface area contributed by atoms with Crippen LogP contribution in [0, 0.1) is 6.92 Å². The molecular weight excluding hydrogens is 406 g/mol. The Hall–Kier alpha value is -3.51. The molecule has 2 heterocycles. The molecule has 4 aromatic rings. The molecule has 2 aromatic heterocycles. The van der Waals surface area contributed by atoms with Crippen molar-refractivity contribution in [3.63, 3.8) is 0 Å². The van der Waals surface area contributed by atoms with Gasteiger partial charge >= 0.3 is 5.97 Å². The zero-order chi connectivity index (χ0) is 21.4. The lowest BCUT2D eigenvalue weighted by Crippen LogP contribution is -2.14. The molecule has 152 valence electrons.